The molecule has 0 aromatic heterocycles. The number of hydrogen-bond acceptors (Lipinski definition) is 6. The second-order valence-corrected chi connectivity index (χ2v) is 10.8. The topological polar surface area (TPSA) is 114 Å². The van der Waals surface area contributed by atoms with Crippen molar-refractivity contribution in [2.75, 3.05) is 17.9 Å². The van der Waals surface area contributed by atoms with Crippen molar-refractivity contribution in [3.05, 3.63) is 53.8 Å². The Kier molecular flexibility index (Phi) is 6.22. The molecule has 0 spiro atoms. The largest absolute Gasteiger partial charge is 0.487 e. The molecule has 34 heavy (non-hydrogen) atoms. The minimum absolute atomic E-state index is 0.0489. The van der Waals surface area contributed by atoms with Crippen LogP contribution in [0.25, 0.3) is 0 Å². The molecule has 4 atom stereocenters. The first-order chi connectivity index (χ1) is 16.3. The van der Waals surface area contributed by atoms with E-state index in [1.807, 2.05) is 0 Å². The van der Waals surface area contributed by atoms with Gasteiger partial charge in [0, 0.05) is 23.7 Å². The fourth-order valence-corrected chi connectivity index (χ4v) is 5.69. The molecule has 2 aromatic carbocycles. The second kappa shape index (κ2) is 9.16. The van der Waals surface area contributed by atoms with E-state index in [-0.39, 0.29) is 35.9 Å². The van der Waals surface area contributed by atoms with Crippen LogP contribution in [0.15, 0.2) is 47.4 Å². The molecular formula is C24H27FN2O6S. The van der Waals surface area contributed by atoms with Crippen LogP contribution in [-0.4, -0.2) is 50.9 Å². The van der Waals surface area contributed by atoms with Gasteiger partial charge in [0.05, 0.1) is 24.0 Å². The number of aliphatic hydroxyl groups is 1. The number of carbonyl (C=O) groups excluding carboxylic acids is 1. The molecule has 2 fully saturated rings. The number of halogens is 1. The van der Waals surface area contributed by atoms with E-state index in [2.05, 4.69) is 10.0 Å². The summed E-state index contributed by atoms with van der Waals surface area (Å²) >= 11 is 0. The maximum Gasteiger partial charge on any atom is 0.261 e. The third-order valence-electron chi connectivity index (χ3n) is 6.57. The first-order valence-electron chi connectivity index (χ1n) is 11.4. The van der Waals surface area contributed by atoms with Crippen molar-refractivity contribution >= 4 is 21.6 Å². The van der Waals surface area contributed by atoms with E-state index in [1.165, 1.54) is 12.1 Å². The van der Waals surface area contributed by atoms with Gasteiger partial charge in [0.2, 0.25) is 5.91 Å². The fourth-order valence-electron chi connectivity index (χ4n) is 4.64. The van der Waals surface area contributed by atoms with Crippen molar-refractivity contribution in [3.63, 3.8) is 0 Å². The summed E-state index contributed by atoms with van der Waals surface area (Å²) in [5.41, 5.74) is 1.15. The molecule has 2 aliphatic heterocycles. The zero-order chi connectivity index (χ0) is 23.9. The molecule has 0 bridgehead atoms. The SMILES string of the molecule is O=C(C[C@H]1C[C@H]2c3cc(NS(=O)(=O)c4ccc(F)cc4)ccc3O[C@H]2[C@H](CO)O1)NCC1CC1. The molecule has 1 saturated heterocycles. The van der Waals surface area contributed by atoms with Gasteiger partial charge in [0.1, 0.15) is 23.8 Å². The fraction of sp³-hybridized carbons (Fsp3) is 0.458. The highest BCUT2D eigenvalue weighted by atomic mass is 32.2. The van der Waals surface area contributed by atoms with Gasteiger partial charge in [0.15, 0.2) is 0 Å². The Labute approximate surface area is 197 Å². The highest BCUT2D eigenvalue weighted by molar-refractivity contribution is 7.92. The molecule has 8 nitrogen and oxygen atoms in total. The highest BCUT2D eigenvalue weighted by Crippen LogP contribution is 2.47. The summed E-state index contributed by atoms with van der Waals surface area (Å²) < 4.78 is 53.2. The van der Waals surface area contributed by atoms with E-state index in [0.29, 0.717) is 30.3 Å². The number of carbonyl (C=O) groups is 1. The number of aliphatic hydroxyl groups excluding tert-OH is 1. The monoisotopic (exact) mass is 490 g/mol. The summed E-state index contributed by atoms with van der Waals surface area (Å²) in [6.07, 6.45) is 1.61. The van der Waals surface area contributed by atoms with Gasteiger partial charge >= 0.3 is 0 Å². The second-order valence-electron chi connectivity index (χ2n) is 9.17. The van der Waals surface area contributed by atoms with Crippen molar-refractivity contribution in [1.82, 2.24) is 5.32 Å². The van der Waals surface area contributed by atoms with Gasteiger partial charge in [-0.3, -0.25) is 9.52 Å². The number of nitrogens with one attached hydrogen (secondary N) is 2. The van der Waals surface area contributed by atoms with Gasteiger partial charge in [-0.1, -0.05) is 0 Å². The van der Waals surface area contributed by atoms with Crippen LogP contribution >= 0.6 is 0 Å². The Balaban J connectivity index is 1.32. The Bertz CT molecular complexity index is 1170. The number of benzene rings is 2. The van der Waals surface area contributed by atoms with Gasteiger partial charge in [-0.15, -0.1) is 0 Å². The standard InChI is InChI=1S/C24H27FN2O6S/c25-15-3-6-18(7-4-15)34(30,31)27-16-5-8-21-19(9-16)20-10-17(32-22(13-28)24(20)33-21)11-23(29)26-12-14-1-2-14/h3-9,14,17,20,22,24,27-28H,1-2,10-13H2,(H,26,29)/t17-,20+,22+,24-/m1/s1. The van der Waals surface area contributed by atoms with Crippen LogP contribution in [0.3, 0.4) is 0 Å². The van der Waals surface area contributed by atoms with Crippen LogP contribution in [0, 0.1) is 11.7 Å². The van der Waals surface area contributed by atoms with Gasteiger partial charge in [0.25, 0.3) is 10.0 Å². The summed E-state index contributed by atoms with van der Waals surface area (Å²) in [5.74, 6) is 0.427. The Hall–Kier alpha value is -2.69. The lowest BCUT2D eigenvalue weighted by Gasteiger charge is -2.37. The average Bonchev–Trinajstić information content (AvgIpc) is 3.57. The number of fused-ring (bicyclic) bond motifs is 3. The molecule has 3 N–H and O–H groups in total. The van der Waals surface area contributed by atoms with Crippen LogP contribution in [0.5, 0.6) is 5.75 Å². The third-order valence-corrected chi connectivity index (χ3v) is 7.97. The van der Waals surface area contributed by atoms with E-state index < -0.39 is 28.0 Å². The summed E-state index contributed by atoms with van der Waals surface area (Å²) in [7, 11) is -3.90. The van der Waals surface area contributed by atoms with E-state index in [9.17, 15) is 22.7 Å². The van der Waals surface area contributed by atoms with Crippen LogP contribution in [0.1, 0.15) is 37.2 Å². The molecule has 0 radical (unpaired) electrons. The molecule has 1 amide bonds. The van der Waals surface area contributed by atoms with Crippen molar-refractivity contribution in [1.29, 1.82) is 0 Å². The molecule has 2 aromatic rings. The van der Waals surface area contributed by atoms with Gasteiger partial charge in [-0.25, -0.2) is 12.8 Å². The minimum atomic E-state index is -3.90. The summed E-state index contributed by atoms with van der Waals surface area (Å²) in [6.45, 7) is 0.434. The van der Waals surface area contributed by atoms with Gasteiger partial charge < -0.3 is 19.9 Å². The van der Waals surface area contributed by atoms with E-state index in [0.717, 1.165) is 30.5 Å². The molecule has 182 valence electrons. The van der Waals surface area contributed by atoms with Crippen LogP contribution in [0.4, 0.5) is 10.1 Å². The Morgan fingerprint density at radius 1 is 1.15 bits per heavy atom. The van der Waals surface area contributed by atoms with Crippen molar-refractivity contribution < 1.29 is 32.2 Å². The quantitative estimate of drug-likeness (QED) is 0.524. The van der Waals surface area contributed by atoms with E-state index in [1.54, 1.807) is 18.2 Å². The third kappa shape index (κ3) is 4.89. The number of anilines is 1. The number of ether oxygens (including phenoxy) is 2. The zero-order valence-electron chi connectivity index (χ0n) is 18.4. The summed E-state index contributed by atoms with van der Waals surface area (Å²) in [4.78, 5) is 12.3. The van der Waals surface area contributed by atoms with Crippen molar-refractivity contribution in [3.8, 4) is 5.75 Å². The van der Waals surface area contributed by atoms with Crippen LogP contribution < -0.4 is 14.8 Å². The molecule has 3 aliphatic rings. The molecular weight excluding hydrogens is 463 g/mol. The lowest BCUT2D eigenvalue weighted by Crippen LogP contribution is -2.47. The maximum absolute atomic E-state index is 13.2. The molecule has 10 heteroatoms. The zero-order valence-corrected chi connectivity index (χ0v) is 19.3. The molecule has 5 rings (SSSR count). The van der Waals surface area contributed by atoms with Gasteiger partial charge in [-0.2, -0.15) is 0 Å². The van der Waals surface area contributed by atoms with Crippen LogP contribution in [-0.2, 0) is 19.6 Å². The lowest BCUT2D eigenvalue weighted by atomic mass is 9.84. The van der Waals surface area contributed by atoms with E-state index in [4.69, 9.17) is 9.47 Å². The average molecular weight is 491 g/mol. The summed E-state index contributed by atoms with van der Waals surface area (Å²) in [6, 6.07) is 9.57. The number of rotatable bonds is 8. The normalized spacial score (nSPS) is 25.7. The maximum atomic E-state index is 13.2. The predicted molar refractivity (Wildman–Crippen MR) is 122 cm³/mol. The molecule has 1 saturated carbocycles. The Morgan fingerprint density at radius 3 is 2.62 bits per heavy atom. The Morgan fingerprint density at radius 2 is 1.91 bits per heavy atom. The predicted octanol–water partition coefficient (Wildman–Crippen LogP) is 2.54. The highest BCUT2D eigenvalue weighted by Gasteiger charge is 2.46. The smallest absolute Gasteiger partial charge is 0.261 e. The lowest BCUT2D eigenvalue weighted by molar-refractivity contribution is -0.142. The molecule has 1 aliphatic carbocycles. The summed E-state index contributed by atoms with van der Waals surface area (Å²) in [5, 5.41) is 12.8. The molecule has 0 unspecified atom stereocenters. The number of sulfonamides is 1. The van der Waals surface area contributed by atoms with E-state index >= 15 is 0 Å². The number of hydrogen-bond donors (Lipinski definition) is 3. The first kappa shape index (κ1) is 23.1. The van der Waals surface area contributed by atoms with Crippen LogP contribution in [0.2, 0.25) is 0 Å². The van der Waals surface area contributed by atoms with Gasteiger partial charge in [-0.05, 0) is 67.6 Å². The first-order valence-corrected chi connectivity index (χ1v) is 12.9. The number of amides is 1. The van der Waals surface area contributed by atoms with Crippen molar-refractivity contribution in [2.24, 2.45) is 5.92 Å². The minimum Gasteiger partial charge on any atom is -0.487 e. The molecule has 2 heterocycles. The van der Waals surface area contributed by atoms with Crippen molar-refractivity contribution in [2.45, 2.75) is 54.8 Å².